The summed E-state index contributed by atoms with van der Waals surface area (Å²) >= 11 is 0. The van der Waals surface area contributed by atoms with E-state index in [0.717, 1.165) is 6.07 Å². The molecule has 0 fully saturated rings. The van der Waals surface area contributed by atoms with Gasteiger partial charge < -0.3 is 20.5 Å². The Morgan fingerprint density at radius 2 is 2.16 bits per heavy atom. The lowest BCUT2D eigenvalue weighted by Crippen LogP contribution is -2.33. The van der Waals surface area contributed by atoms with Crippen molar-refractivity contribution in [3.05, 3.63) is 28.3 Å². The Morgan fingerprint density at radius 3 is 2.68 bits per heavy atom. The van der Waals surface area contributed by atoms with E-state index in [0.29, 0.717) is 0 Å². The molecule has 0 aliphatic carbocycles. The van der Waals surface area contributed by atoms with Crippen LogP contribution in [0.1, 0.15) is 0 Å². The van der Waals surface area contributed by atoms with E-state index in [2.05, 4.69) is 10.6 Å². The van der Waals surface area contributed by atoms with Crippen molar-refractivity contribution in [1.82, 2.24) is 5.32 Å². The topological polar surface area (TPSA) is 131 Å². The maximum atomic E-state index is 11.3. The maximum absolute atomic E-state index is 11.3. The fourth-order valence-electron chi connectivity index (χ4n) is 1.22. The number of carboxylic acids is 1. The number of benzene rings is 1. The Hall–Kier alpha value is -2.84. The third kappa shape index (κ3) is 4.15. The first-order chi connectivity index (χ1) is 8.93. The summed E-state index contributed by atoms with van der Waals surface area (Å²) < 4.78 is 4.90. The number of urea groups is 1. The van der Waals surface area contributed by atoms with Gasteiger partial charge in [-0.1, -0.05) is 0 Å². The van der Waals surface area contributed by atoms with Gasteiger partial charge in [0.15, 0.2) is 0 Å². The van der Waals surface area contributed by atoms with Crippen molar-refractivity contribution in [2.75, 3.05) is 19.0 Å². The number of non-ortho nitro benzene ring substituents is 1. The molecule has 0 saturated carbocycles. The number of carbonyl (C=O) groups is 2. The molecule has 2 amide bonds. The third-order valence-corrected chi connectivity index (χ3v) is 2.04. The molecule has 0 saturated heterocycles. The van der Waals surface area contributed by atoms with Crippen LogP contribution in [0.25, 0.3) is 0 Å². The van der Waals surface area contributed by atoms with Crippen molar-refractivity contribution in [3.63, 3.8) is 0 Å². The van der Waals surface area contributed by atoms with E-state index in [9.17, 15) is 19.7 Å². The highest BCUT2D eigenvalue weighted by Gasteiger charge is 2.13. The Labute approximate surface area is 107 Å². The van der Waals surface area contributed by atoms with Crippen LogP contribution >= 0.6 is 0 Å². The number of nitro groups is 1. The number of carbonyl (C=O) groups excluding carboxylic acids is 1. The molecule has 1 rings (SSSR count). The zero-order valence-electron chi connectivity index (χ0n) is 9.87. The van der Waals surface area contributed by atoms with E-state index in [1.165, 1.54) is 19.2 Å². The summed E-state index contributed by atoms with van der Waals surface area (Å²) in [6, 6.07) is 2.87. The van der Waals surface area contributed by atoms with Gasteiger partial charge in [-0.25, -0.2) is 4.79 Å². The number of rotatable bonds is 5. The van der Waals surface area contributed by atoms with Gasteiger partial charge >= 0.3 is 12.0 Å². The smallest absolute Gasteiger partial charge is 0.323 e. The summed E-state index contributed by atoms with van der Waals surface area (Å²) in [5.41, 5.74) is 0.00401. The minimum absolute atomic E-state index is 0.0969. The number of nitro benzene ring substituents is 1. The van der Waals surface area contributed by atoms with Gasteiger partial charge in [-0.3, -0.25) is 14.9 Å². The number of anilines is 1. The molecule has 0 bridgehead atoms. The lowest BCUT2D eigenvalue weighted by molar-refractivity contribution is -0.384. The average Bonchev–Trinajstić information content (AvgIpc) is 2.36. The molecule has 9 nitrogen and oxygen atoms in total. The SMILES string of the molecule is COc1cc([N+](=O)[O-])ccc1NC(=O)NCC(=O)O. The fourth-order valence-corrected chi connectivity index (χ4v) is 1.22. The minimum atomic E-state index is -1.19. The zero-order valence-corrected chi connectivity index (χ0v) is 9.87. The molecule has 102 valence electrons. The number of carboxylic acid groups (broad SMARTS) is 1. The maximum Gasteiger partial charge on any atom is 0.323 e. The summed E-state index contributed by atoms with van der Waals surface area (Å²) in [6.45, 7) is -0.541. The molecule has 3 N–H and O–H groups in total. The normalized spacial score (nSPS) is 9.53. The van der Waals surface area contributed by atoms with E-state index in [-0.39, 0.29) is 17.1 Å². The van der Waals surface area contributed by atoms with E-state index < -0.39 is 23.5 Å². The van der Waals surface area contributed by atoms with Crippen molar-refractivity contribution in [2.24, 2.45) is 0 Å². The largest absolute Gasteiger partial charge is 0.494 e. The average molecular weight is 269 g/mol. The molecule has 0 spiro atoms. The lowest BCUT2D eigenvalue weighted by atomic mass is 10.2. The van der Waals surface area contributed by atoms with Crippen LogP contribution in [0.2, 0.25) is 0 Å². The number of methoxy groups -OCH3 is 1. The quantitative estimate of drug-likeness (QED) is 0.535. The van der Waals surface area contributed by atoms with E-state index >= 15 is 0 Å². The van der Waals surface area contributed by atoms with Gasteiger partial charge in [0.2, 0.25) is 0 Å². The van der Waals surface area contributed by atoms with Crippen LogP contribution in [0.4, 0.5) is 16.2 Å². The Balaban J connectivity index is 2.80. The molecule has 0 aromatic heterocycles. The molecule has 19 heavy (non-hydrogen) atoms. The standard InChI is InChI=1S/C10H11N3O6/c1-19-8-4-6(13(17)18)2-3-7(8)12-10(16)11-5-9(14)15/h2-4H,5H2,1H3,(H,14,15)(H2,11,12,16). The number of nitrogens with zero attached hydrogens (tertiary/aromatic N) is 1. The van der Waals surface area contributed by atoms with Crippen LogP contribution in [0.5, 0.6) is 5.75 Å². The van der Waals surface area contributed by atoms with Crippen LogP contribution in [0, 0.1) is 10.1 Å². The second-order valence-electron chi connectivity index (χ2n) is 3.34. The Morgan fingerprint density at radius 1 is 1.47 bits per heavy atom. The van der Waals surface area contributed by atoms with E-state index in [1.54, 1.807) is 0 Å². The van der Waals surface area contributed by atoms with Gasteiger partial charge in [0.1, 0.15) is 12.3 Å². The first kappa shape index (κ1) is 14.2. The molecule has 1 aromatic rings. The second kappa shape index (κ2) is 6.19. The minimum Gasteiger partial charge on any atom is -0.494 e. The Kier molecular flexibility index (Phi) is 4.63. The van der Waals surface area contributed by atoms with Crippen molar-refractivity contribution in [2.45, 2.75) is 0 Å². The van der Waals surface area contributed by atoms with Gasteiger partial charge in [-0.05, 0) is 6.07 Å². The molecule has 1 aromatic carbocycles. The predicted molar refractivity (Wildman–Crippen MR) is 64.3 cm³/mol. The lowest BCUT2D eigenvalue weighted by Gasteiger charge is -2.10. The molecule has 0 aliphatic heterocycles. The fraction of sp³-hybridized carbons (Fsp3) is 0.200. The highest BCUT2D eigenvalue weighted by molar-refractivity contribution is 5.92. The summed E-state index contributed by atoms with van der Waals surface area (Å²) in [5.74, 6) is -1.09. The molecule has 0 aliphatic rings. The van der Waals surface area contributed by atoms with Crippen LogP contribution in [0.3, 0.4) is 0 Å². The molecular weight excluding hydrogens is 258 g/mol. The number of aliphatic carboxylic acids is 1. The van der Waals surface area contributed by atoms with Crippen molar-refractivity contribution in [1.29, 1.82) is 0 Å². The van der Waals surface area contributed by atoms with E-state index in [4.69, 9.17) is 9.84 Å². The molecule has 9 heteroatoms. The first-order valence-electron chi connectivity index (χ1n) is 5.03. The van der Waals surface area contributed by atoms with Crippen LogP contribution in [-0.2, 0) is 4.79 Å². The van der Waals surface area contributed by atoms with E-state index in [1.807, 2.05) is 0 Å². The van der Waals surface area contributed by atoms with Gasteiger partial charge in [0.05, 0.1) is 23.8 Å². The number of ether oxygens (including phenoxy) is 1. The monoisotopic (exact) mass is 269 g/mol. The van der Waals surface area contributed by atoms with Gasteiger partial charge in [0, 0.05) is 6.07 Å². The van der Waals surface area contributed by atoms with Crippen LogP contribution in [-0.4, -0.2) is 35.7 Å². The number of hydrogen-bond donors (Lipinski definition) is 3. The predicted octanol–water partition coefficient (Wildman–Crippen LogP) is 0.809. The zero-order chi connectivity index (χ0) is 14.4. The third-order valence-electron chi connectivity index (χ3n) is 2.04. The first-order valence-corrected chi connectivity index (χ1v) is 5.03. The second-order valence-corrected chi connectivity index (χ2v) is 3.34. The van der Waals surface area contributed by atoms with Crippen molar-refractivity contribution in [3.8, 4) is 5.75 Å². The van der Waals surface area contributed by atoms with Gasteiger partial charge in [-0.2, -0.15) is 0 Å². The highest BCUT2D eigenvalue weighted by Crippen LogP contribution is 2.28. The molecule has 0 heterocycles. The highest BCUT2D eigenvalue weighted by atomic mass is 16.6. The summed E-state index contributed by atoms with van der Waals surface area (Å²) in [4.78, 5) is 31.6. The number of amides is 2. The van der Waals surface area contributed by atoms with Crippen molar-refractivity contribution >= 4 is 23.4 Å². The summed E-state index contributed by atoms with van der Waals surface area (Å²) in [6.07, 6.45) is 0. The molecule has 0 unspecified atom stereocenters. The van der Waals surface area contributed by atoms with Crippen LogP contribution in [0.15, 0.2) is 18.2 Å². The molecular formula is C10H11N3O6. The molecule has 0 radical (unpaired) electrons. The van der Waals surface area contributed by atoms with Crippen LogP contribution < -0.4 is 15.4 Å². The van der Waals surface area contributed by atoms with Gasteiger partial charge in [-0.15, -0.1) is 0 Å². The van der Waals surface area contributed by atoms with Crippen molar-refractivity contribution < 1.29 is 24.4 Å². The molecule has 0 atom stereocenters. The Bertz CT molecular complexity index is 516. The number of nitrogens with one attached hydrogen (secondary N) is 2. The number of hydrogen-bond acceptors (Lipinski definition) is 5. The summed E-state index contributed by atoms with van der Waals surface area (Å²) in [7, 11) is 1.29. The summed E-state index contributed by atoms with van der Waals surface area (Å²) in [5, 5.41) is 23.4. The van der Waals surface area contributed by atoms with Gasteiger partial charge in [0.25, 0.3) is 5.69 Å².